The maximum absolute atomic E-state index is 4.71. The number of hydrogen-bond donors (Lipinski definition) is 0. The van der Waals surface area contributed by atoms with Crippen molar-refractivity contribution in [2.24, 2.45) is 4.99 Å². The topological polar surface area (TPSA) is 12.4 Å². The molecule has 18 heavy (non-hydrogen) atoms. The lowest BCUT2D eigenvalue weighted by atomic mass is 9.74. The van der Waals surface area contributed by atoms with Crippen LogP contribution in [-0.4, -0.2) is 5.71 Å². The smallest absolute Gasteiger partial charge is 0.0674 e. The maximum Gasteiger partial charge on any atom is 0.0674 e. The predicted octanol–water partition coefficient (Wildman–Crippen LogP) is 4.86. The highest BCUT2D eigenvalue weighted by Gasteiger charge is 2.38. The van der Waals surface area contributed by atoms with Gasteiger partial charge in [0.2, 0.25) is 0 Å². The molecule has 0 fully saturated rings. The summed E-state index contributed by atoms with van der Waals surface area (Å²) in [4.78, 5) is 4.71. The molecule has 0 saturated heterocycles. The van der Waals surface area contributed by atoms with Crippen molar-refractivity contribution in [2.75, 3.05) is 0 Å². The molecule has 0 radical (unpaired) electrons. The molecule has 0 spiro atoms. The summed E-state index contributed by atoms with van der Waals surface area (Å²) in [5.41, 5.74) is 4.74. The number of halogens is 1. The lowest BCUT2D eigenvalue weighted by Gasteiger charge is -2.27. The summed E-state index contributed by atoms with van der Waals surface area (Å²) in [7, 11) is 0. The monoisotopic (exact) mass is 299 g/mol. The normalized spacial score (nSPS) is 21.6. The first-order valence-electron chi connectivity index (χ1n) is 6.03. The van der Waals surface area contributed by atoms with Gasteiger partial charge in [-0.2, -0.15) is 0 Å². The van der Waals surface area contributed by atoms with Crippen LogP contribution in [0.4, 0.5) is 5.69 Å². The molecule has 0 amide bonds. The zero-order valence-corrected chi connectivity index (χ0v) is 12.0. The predicted molar refractivity (Wildman–Crippen MR) is 79.8 cm³/mol. The van der Waals surface area contributed by atoms with Crippen LogP contribution in [0.5, 0.6) is 0 Å². The molecule has 0 bridgehead atoms. The first-order valence-corrected chi connectivity index (χ1v) is 6.83. The minimum Gasteiger partial charge on any atom is -0.257 e. The molecule has 1 aliphatic rings. The van der Waals surface area contributed by atoms with Gasteiger partial charge in [0.05, 0.1) is 11.1 Å². The van der Waals surface area contributed by atoms with Gasteiger partial charge in [-0.3, -0.25) is 4.99 Å². The van der Waals surface area contributed by atoms with Gasteiger partial charge in [0.25, 0.3) is 0 Å². The van der Waals surface area contributed by atoms with Crippen molar-refractivity contribution in [1.29, 1.82) is 0 Å². The van der Waals surface area contributed by atoms with E-state index in [1.807, 2.05) is 6.07 Å². The van der Waals surface area contributed by atoms with Gasteiger partial charge in [-0.25, -0.2) is 0 Å². The van der Waals surface area contributed by atoms with E-state index in [1.54, 1.807) is 0 Å². The van der Waals surface area contributed by atoms with Crippen LogP contribution in [0, 0.1) is 0 Å². The summed E-state index contributed by atoms with van der Waals surface area (Å²) in [6.07, 6.45) is 0. The van der Waals surface area contributed by atoms with Gasteiger partial charge < -0.3 is 0 Å². The van der Waals surface area contributed by atoms with E-state index in [1.165, 1.54) is 11.1 Å². The molecule has 1 heterocycles. The second-order valence-corrected chi connectivity index (χ2v) is 5.76. The molecule has 1 nitrogen and oxygen atoms in total. The number of rotatable bonds is 1. The van der Waals surface area contributed by atoms with E-state index in [0.29, 0.717) is 0 Å². The molecular formula is C16H14BrN. The van der Waals surface area contributed by atoms with Crippen molar-refractivity contribution >= 4 is 27.3 Å². The van der Waals surface area contributed by atoms with E-state index in [4.69, 9.17) is 4.99 Å². The number of benzene rings is 2. The van der Waals surface area contributed by atoms with Gasteiger partial charge in [0.15, 0.2) is 0 Å². The molecule has 0 aromatic heterocycles. The highest BCUT2D eigenvalue weighted by Crippen LogP contribution is 2.44. The first-order chi connectivity index (χ1) is 8.62. The summed E-state index contributed by atoms with van der Waals surface area (Å²) >= 11 is 3.49. The minimum atomic E-state index is -0.0999. The fraction of sp³-hybridized carbons (Fsp3) is 0.188. The fourth-order valence-corrected chi connectivity index (χ4v) is 2.89. The van der Waals surface area contributed by atoms with Crippen LogP contribution in [0.2, 0.25) is 0 Å². The summed E-state index contributed by atoms with van der Waals surface area (Å²) in [6, 6.07) is 16.9. The van der Waals surface area contributed by atoms with Gasteiger partial charge in [-0.1, -0.05) is 46.3 Å². The van der Waals surface area contributed by atoms with Crippen molar-refractivity contribution in [3.63, 3.8) is 0 Å². The van der Waals surface area contributed by atoms with Crippen LogP contribution < -0.4 is 0 Å². The highest BCUT2D eigenvalue weighted by molar-refractivity contribution is 9.10. The third kappa shape index (κ3) is 1.56. The standard InChI is InChI=1S/C16H14BrN/c1-11-16(2,12-7-9-13(17)10-8-12)14-5-3-4-6-15(14)18-11/h3-10H,1-2H3. The zero-order chi connectivity index (χ0) is 12.8. The summed E-state index contributed by atoms with van der Waals surface area (Å²) < 4.78 is 1.11. The van der Waals surface area contributed by atoms with E-state index in [0.717, 1.165) is 15.9 Å². The fourth-order valence-electron chi connectivity index (χ4n) is 2.63. The Balaban J connectivity index is 2.21. The molecule has 1 atom stereocenters. The Morgan fingerprint density at radius 1 is 1.00 bits per heavy atom. The third-order valence-electron chi connectivity index (χ3n) is 3.88. The van der Waals surface area contributed by atoms with Crippen LogP contribution >= 0.6 is 15.9 Å². The SMILES string of the molecule is CC1=Nc2ccccc2C1(C)c1ccc(Br)cc1. The Labute approximate surface area is 116 Å². The van der Waals surface area contributed by atoms with Crippen LogP contribution in [0.1, 0.15) is 25.0 Å². The van der Waals surface area contributed by atoms with E-state index < -0.39 is 0 Å². The summed E-state index contributed by atoms with van der Waals surface area (Å²) in [6.45, 7) is 4.36. The summed E-state index contributed by atoms with van der Waals surface area (Å²) in [5, 5.41) is 0. The van der Waals surface area contributed by atoms with Gasteiger partial charge in [-0.05, 0) is 43.2 Å². The average Bonchev–Trinajstić information content (AvgIpc) is 2.64. The van der Waals surface area contributed by atoms with Crippen molar-refractivity contribution in [1.82, 2.24) is 0 Å². The molecule has 0 aliphatic carbocycles. The highest BCUT2D eigenvalue weighted by atomic mass is 79.9. The second kappa shape index (κ2) is 4.06. The van der Waals surface area contributed by atoms with Crippen LogP contribution in [-0.2, 0) is 5.41 Å². The van der Waals surface area contributed by atoms with Crippen LogP contribution in [0.25, 0.3) is 0 Å². The van der Waals surface area contributed by atoms with E-state index >= 15 is 0 Å². The Bertz CT molecular complexity index is 628. The van der Waals surface area contributed by atoms with E-state index in [9.17, 15) is 0 Å². The van der Waals surface area contributed by atoms with Gasteiger partial charge in [0.1, 0.15) is 0 Å². The Hall–Kier alpha value is -1.41. The minimum absolute atomic E-state index is 0.0999. The van der Waals surface area contributed by atoms with Crippen molar-refractivity contribution in [3.05, 3.63) is 64.1 Å². The first kappa shape index (κ1) is 11.7. The van der Waals surface area contributed by atoms with Gasteiger partial charge >= 0.3 is 0 Å². The number of hydrogen-bond acceptors (Lipinski definition) is 1. The van der Waals surface area contributed by atoms with Gasteiger partial charge in [-0.15, -0.1) is 0 Å². The molecule has 1 aliphatic heterocycles. The van der Waals surface area contributed by atoms with Crippen molar-refractivity contribution in [2.45, 2.75) is 19.3 Å². The van der Waals surface area contributed by atoms with Crippen molar-refractivity contribution in [3.8, 4) is 0 Å². The number of nitrogens with zero attached hydrogens (tertiary/aromatic N) is 1. The Morgan fingerprint density at radius 2 is 1.67 bits per heavy atom. The molecule has 2 heteroatoms. The number of fused-ring (bicyclic) bond motifs is 1. The number of aliphatic imine (C=N–C) groups is 1. The molecule has 1 unspecified atom stereocenters. The van der Waals surface area contributed by atoms with Gasteiger partial charge in [0, 0.05) is 10.2 Å². The molecule has 2 aromatic rings. The molecule has 0 N–H and O–H groups in total. The van der Waals surface area contributed by atoms with Crippen LogP contribution in [0.15, 0.2) is 58.0 Å². The zero-order valence-electron chi connectivity index (χ0n) is 10.4. The quantitative estimate of drug-likeness (QED) is 0.713. The van der Waals surface area contributed by atoms with E-state index in [2.05, 4.69) is 72.2 Å². The molecule has 90 valence electrons. The third-order valence-corrected chi connectivity index (χ3v) is 4.40. The van der Waals surface area contributed by atoms with Crippen molar-refractivity contribution < 1.29 is 0 Å². The lowest BCUT2D eigenvalue weighted by Crippen LogP contribution is -2.28. The number of para-hydroxylation sites is 1. The molecule has 2 aromatic carbocycles. The largest absolute Gasteiger partial charge is 0.257 e. The molecule has 0 saturated carbocycles. The average molecular weight is 300 g/mol. The Kier molecular flexibility index (Phi) is 2.63. The van der Waals surface area contributed by atoms with Crippen LogP contribution in [0.3, 0.4) is 0 Å². The maximum atomic E-state index is 4.71. The molecular weight excluding hydrogens is 286 g/mol. The molecule has 3 rings (SSSR count). The lowest BCUT2D eigenvalue weighted by molar-refractivity contribution is 0.789. The van der Waals surface area contributed by atoms with E-state index in [-0.39, 0.29) is 5.41 Å². The summed E-state index contributed by atoms with van der Waals surface area (Å²) in [5.74, 6) is 0. The second-order valence-electron chi connectivity index (χ2n) is 4.85. The Morgan fingerprint density at radius 3 is 2.39 bits per heavy atom.